The highest BCUT2D eigenvalue weighted by Crippen LogP contribution is 2.35. The number of nitrogens with one attached hydrogen (secondary N) is 4. The highest BCUT2D eigenvalue weighted by molar-refractivity contribution is 5.95. The molecule has 13 nitrogen and oxygen atoms in total. The van der Waals surface area contributed by atoms with Crippen LogP contribution >= 0.6 is 0 Å². The SMILES string of the molecule is NCCOCCOCCNC(=O)c1cccc(Nc2nc(NCCc3ccccc3)nc(NCc3cccc4c3OCO4)n2)c1. The molecule has 6 N–H and O–H groups in total. The van der Waals surface area contributed by atoms with Gasteiger partial charge in [0.1, 0.15) is 0 Å². The third-order valence-corrected chi connectivity index (χ3v) is 6.64. The van der Waals surface area contributed by atoms with Gasteiger partial charge in [-0.2, -0.15) is 15.0 Å². The van der Waals surface area contributed by atoms with Gasteiger partial charge in [-0.15, -0.1) is 0 Å². The number of nitrogens with zero attached hydrogens (tertiary/aromatic N) is 3. The number of ether oxygens (including phenoxy) is 4. The van der Waals surface area contributed by atoms with Crippen molar-refractivity contribution in [1.82, 2.24) is 20.3 Å². The number of carbonyl (C=O) groups excluding carboxylic acids is 1. The minimum Gasteiger partial charge on any atom is -0.454 e. The smallest absolute Gasteiger partial charge is 0.251 e. The van der Waals surface area contributed by atoms with Crippen molar-refractivity contribution in [3.63, 3.8) is 0 Å². The van der Waals surface area contributed by atoms with Crippen molar-refractivity contribution in [3.8, 4) is 11.5 Å². The standard InChI is InChI=1S/C32H38N8O5/c33-13-16-42-18-19-43-17-15-34-29(41)24-8-4-10-26(20-24)37-32-39-30(35-14-12-23-6-2-1-3-7-23)38-31(40-32)36-21-25-9-5-11-27-28(25)45-22-44-27/h1-11,20H,12-19,21-22,33H2,(H,34,41)(H3,35,36,37,38,39,40). The molecule has 0 spiro atoms. The van der Waals surface area contributed by atoms with Crippen molar-refractivity contribution < 1.29 is 23.7 Å². The summed E-state index contributed by atoms with van der Waals surface area (Å²) in [7, 11) is 0. The monoisotopic (exact) mass is 614 g/mol. The van der Waals surface area contributed by atoms with Crippen LogP contribution in [0.15, 0.2) is 72.8 Å². The number of hydrogen-bond acceptors (Lipinski definition) is 12. The summed E-state index contributed by atoms with van der Waals surface area (Å²) in [6, 6.07) is 23.0. The number of carbonyl (C=O) groups is 1. The highest BCUT2D eigenvalue weighted by Gasteiger charge is 2.17. The van der Waals surface area contributed by atoms with Crippen LogP contribution in [0.5, 0.6) is 11.5 Å². The fourth-order valence-electron chi connectivity index (χ4n) is 4.47. The van der Waals surface area contributed by atoms with Crippen LogP contribution in [-0.2, 0) is 22.4 Å². The number of anilines is 4. The molecule has 0 fully saturated rings. The third kappa shape index (κ3) is 9.76. The largest absolute Gasteiger partial charge is 0.454 e. The Hall–Kier alpha value is -4.98. The van der Waals surface area contributed by atoms with Crippen LogP contribution in [0.4, 0.5) is 23.5 Å². The Bertz CT molecular complexity index is 1520. The van der Waals surface area contributed by atoms with Gasteiger partial charge in [-0.25, -0.2) is 0 Å². The quantitative estimate of drug-likeness (QED) is 0.104. The summed E-state index contributed by atoms with van der Waals surface area (Å²) in [4.78, 5) is 26.5. The van der Waals surface area contributed by atoms with Crippen molar-refractivity contribution in [2.75, 3.05) is 68.8 Å². The lowest BCUT2D eigenvalue weighted by atomic mass is 10.1. The van der Waals surface area contributed by atoms with Crippen LogP contribution in [0, 0.1) is 0 Å². The number of hydrogen-bond donors (Lipinski definition) is 5. The molecule has 0 saturated heterocycles. The minimum atomic E-state index is -0.218. The van der Waals surface area contributed by atoms with Gasteiger partial charge >= 0.3 is 0 Å². The zero-order valence-corrected chi connectivity index (χ0v) is 25.0. The molecule has 1 amide bonds. The zero-order chi connectivity index (χ0) is 31.1. The molecule has 5 rings (SSSR count). The Morgan fingerprint density at radius 2 is 1.58 bits per heavy atom. The molecule has 0 bridgehead atoms. The van der Waals surface area contributed by atoms with E-state index in [2.05, 4.69) is 48.4 Å². The van der Waals surface area contributed by atoms with Gasteiger partial charge in [0.25, 0.3) is 5.91 Å². The van der Waals surface area contributed by atoms with Crippen LogP contribution in [0.3, 0.4) is 0 Å². The topological polar surface area (TPSA) is 167 Å². The van der Waals surface area contributed by atoms with Gasteiger partial charge < -0.3 is 45.9 Å². The molecule has 4 aromatic rings. The lowest BCUT2D eigenvalue weighted by Crippen LogP contribution is -2.27. The molecule has 0 aliphatic carbocycles. The second kappa shape index (κ2) is 16.8. The third-order valence-electron chi connectivity index (χ3n) is 6.64. The van der Waals surface area contributed by atoms with Gasteiger partial charge in [0, 0.05) is 43.0 Å². The average molecular weight is 615 g/mol. The Balaban J connectivity index is 1.22. The molecule has 0 unspecified atom stereocenters. The number of fused-ring (bicyclic) bond motifs is 1. The van der Waals surface area contributed by atoms with Gasteiger partial charge in [0.15, 0.2) is 11.5 Å². The summed E-state index contributed by atoms with van der Waals surface area (Å²) in [6.07, 6.45) is 0.801. The van der Waals surface area contributed by atoms with E-state index >= 15 is 0 Å². The average Bonchev–Trinajstić information content (AvgIpc) is 3.55. The molecule has 2 heterocycles. The molecular formula is C32H38N8O5. The summed E-state index contributed by atoms with van der Waals surface area (Å²) < 4.78 is 21.9. The van der Waals surface area contributed by atoms with Crippen molar-refractivity contribution in [3.05, 3.63) is 89.5 Å². The Morgan fingerprint density at radius 1 is 0.800 bits per heavy atom. The van der Waals surface area contributed by atoms with Gasteiger partial charge in [-0.1, -0.05) is 48.5 Å². The van der Waals surface area contributed by atoms with Crippen molar-refractivity contribution in [2.45, 2.75) is 13.0 Å². The van der Waals surface area contributed by atoms with Crippen molar-refractivity contribution in [1.29, 1.82) is 0 Å². The summed E-state index contributed by atoms with van der Waals surface area (Å²) in [5, 5.41) is 12.7. The normalized spacial score (nSPS) is 11.7. The minimum absolute atomic E-state index is 0.192. The van der Waals surface area contributed by atoms with Gasteiger partial charge in [0.2, 0.25) is 24.6 Å². The summed E-state index contributed by atoms with van der Waals surface area (Å²) in [6.45, 7) is 3.87. The first-order valence-electron chi connectivity index (χ1n) is 14.8. The maximum atomic E-state index is 12.8. The maximum Gasteiger partial charge on any atom is 0.251 e. The van der Waals surface area contributed by atoms with E-state index in [1.165, 1.54) is 5.56 Å². The van der Waals surface area contributed by atoms with Crippen LogP contribution < -0.4 is 36.5 Å². The van der Waals surface area contributed by atoms with Gasteiger partial charge in [-0.3, -0.25) is 4.79 Å². The zero-order valence-electron chi connectivity index (χ0n) is 25.0. The van der Waals surface area contributed by atoms with Crippen molar-refractivity contribution in [2.24, 2.45) is 5.73 Å². The first-order chi connectivity index (χ1) is 22.2. The van der Waals surface area contributed by atoms with Gasteiger partial charge in [0.05, 0.1) is 26.4 Å². The molecule has 0 atom stereocenters. The lowest BCUT2D eigenvalue weighted by Gasteiger charge is -2.13. The number of amides is 1. The van der Waals surface area contributed by atoms with E-state index in [9.17, 15) is 4.79 Å². The molecule has 1 aromatic heterocycles. The number of para-hydroxylation sites is 1. The number of aromatic nitrogens is 3. The molecule has 0 saturated carbocycles. The Morgan fingerprint density at radius 3 is 2.42 bits per heavy atom. The number of nitrogens with two attached hydrogens (primary N) is 1. The van der Waals surface area contributed by atoms with Gasteiger partial charge in [-0.05, 0) is 36.2 Å². The van der Waals surface area contributed by atoms with E-state index in [1.807, 2.05) is 42.5 Å². The first-order valence-corrected chi connectivity index (χ1v) is 14.8. The molecule has 45 heavy (non-hydrogen) atoms. The van der Waals surface area contributed by atoms with Crippen LogP contribution in [0.25, 0.3) is 0 Å². The molecule has 236 valence electrons. The van der Waals surface area contributed by atoms with E-state index < -0.39 is 0 Å². The van der Waals surface area contributed by atoms with E-state index in [-0.39, 0.29) is 12.7 Å². The van der Waals surface area contributed by atoms with Crippen molar-refractivity contribution >= 4 is 29.4 Å². The predicted molar refractivity (Wildman–Crippen MR) is 171 cm³/mol. The molecule has 3 aromatic carbocycles. The van der Waals surface area contributed by atoms with Crippen LogP contribution in [-0.4, -0.2) is 73.7 Å². The maximum absolute atomic E-state index is 12.8. The summed E-state index contributed by atoms with van der Waals surface area (Å²) in [5.41, 5.74) is 8.64. The van der Waals surface area contributed by atoms with E-state index in [1.54, 1.807) is 18.2 Å². The van der Waals surface area contributed by atoms with E-state index in [0.29, 0.717) is 93.2 Å². The number of benzene rings is 3. The molecule has 13 heteroatoms. The first kappa shape index (κ1) is 31.4. The summed E-state index contributed by atoms with van der Waals surface area (Å²) in [5.74, 6) is 2.29. The second-order valence-corrected chi connectivity index (χ2v) is 9.95. The lowest BCUT2D eigenvalue weighted by molar-refractivity contribution is 0.0511. The predicted octanol–water partition coefficient (Wildman–Crippen LogP) is 3.33. The summed E-state index contributed by atoms with van der Waals surface area (Å²) >= 11 is 0. The molecular weight excluding hydrogens is 576 g/mol. The molecule has 1 aliphatic rings. The van der Waals surface area contributed by atoms with Crippen LogP contribution in [0.1, 0.15) is 21.5 Å². The van der Waals surface area contributed by atoms with Crippen LogP contribution in [0.2, 0.25) is 0 Å². The number of rotatable bonds is 18. The van der Waals surface area contributed by atoms with E-state index in [4.69, 9.17) is 24.7 Å². The Kier molecular flexibility index (Phi) is 11.7. The highest BCUT2D eigenvalue weighted by atomic mass is 16.7. The second-order valence-electron chi connectivity index (χ2n) is 9.95. The molecule has 0 radical (unpaired) electrons. The fraction of sp³-hybridized carbons (Fsp3) is 0.312. The fourth-order valence-corrected chi connectivity index (χ4v) is 4.47. The van der Waals surface area contributed by atoms with E-state index in [0.717, 1.165) is 12.0 Å². The molecule has 1 aliphatic heterocycles. The Labute approximate surface area is 261 Å².